The lowest BCUT2D eigenvalue weighted by molar-refractivity contribution is -0.138. The minimum Gasteiger partial charge on any atom is -0.481 e. The molecule has 0 saturated carbocycles. The van der Waals surface area contributed by atoms with Crippen molar-refractivity contribution in [3.05, 3.63) is 35.4 Å². The zero-order valence-electron chi connectivity index (χ0n) is 15.9. The van der Waals surface area contributed by atoms with Crippen molar-refractivity contribution < 1.29 is 19.5 Å². The number of carbonyl (C=O) groups is 3. The van der Waals surface area contributed by atoms with Gasteiger partial charge in [-0.05, 0) is 24.8 Å². The van der Waals surface area contributed by atoms with Gasteiger partial charge < -0.3 is 20.6 Å². The minimum atomic E-state index is -0.964. The van der Waals surface area contributed by atoms with Gasteiger partial charge in [0.15, 0.2) is 0 Å². The van der Waals surface area contributed by atoms with E-state index >= 15 is 0 Å². The van der Waals surface area contributed by atoms with Crippen LogP contribution in [0.2, 0.25) is 0 Å². The molecule has 1 atom stereocenters. The molecule has 0 bridgehead atoms. The highest BCUT2D eigenvalue weighted by atomic mass is 16.4. The summed E-state index contributed by atoms with van der Waals surface area (Å²) in [5, 5.41) is 14.2. The van der Waals surface area contributed by atoms with Gasteiger partial charge in [0.1, 0.15) is 6.04 Å². The van der Waals surface area contributed by atoms with Crippen molar-refractivity contribution in [2.24, 2.45) is 5.92 Å². The zero-order valence-corrected chi connectivity index (χ0v) is 15.9. The number of nitrogens with one attached hydrogen (secondary N) is 2. The molecule has 3 N–H and O–H groups in total. The first-order valence-corrected chi connectivity index (χ1v) is 8.75. The molecule has 0 aromatic heterocycles. The smallest absolute Gasteiger partial charge is 0.315 e. The number of nitrogens with zero attached hydrogens (tertiary/aromatic N) is 1. The summed E-state index contributed by atoms with van der Waals surface area (Å²) in [4.78, 5) is 36.7. The van der Waals surface area contributed by atoms with Gasteiger partial charge in [0.05, 0.1) is 6.42 Å². The topological polar surface area (TPSA) is 98.7 Å². The van der Waals surface area contributed by atoms with Crippen LogP contribution in [-0.4, -0.2) is 47.5 Å². The van der Waals surface area contributed by atoms with E-state index < -0.39 is 18.0 Å². The second-order valence-corrected chi connectivity index (χ2v) is 6.90. The molecule has 0 aliphatic carbocycles. The maximum absolute atomic E-state index is 12.5. The van der Waals surface area contributed by atoms with Crippen LogP contribution in [0.25, 0.3) is 0 Å². The van der Waals surface area contributed by atoms with Gasteiger partial charge in [-0.2, -0.15) is 0 Å². The van der Waals surface area contributed by atoms with Gasteiger partial charge in [-0.3, -0.25) is 9.59 Å². The van der Waals surface area contributed by atoms with E-state index in [9.17, 15) is 14.4 Å². The highest BCUT2D eigenvalue weighted by molar-refractivity contribution is 5.87. The minimum absolute atomic E-state index is 0.107. The van der Waals surface area contributed by atoms with E-state index in [2.05, 4.69) is 10.6 Å². The van der Waals surface area contributed by atoms with E-state index in [-0.39, 0.29) is 24.8 Å². The van der Waals surface area contributed by atoms with Crippen LogP contribution in [0.15, 0.2) is 24.3 Å². The van der Waals surface area contributed by atoms with Crippen molar-refractivity contribution in [2.75, 3.05) is 13.6 Å². The Kier molecular flexibility index (Phi) is 8.61. The molecule has 1 rings (SSSR count). The molecule has 7 heteroatoms. The molecule has 0 heterocycles. The van der Waals surface area contributed by atoms with E-state index in [1.54, 1.807) is 7.05 Å². The third-order valence-corrected chi connectivity index (χ3v) is 3.92. The van der Waals surface area contributed by atoms with Gasteiger partial charge in [-0.25, -0.2) is 4.79 Å². The van der Waals surface area contributed by atoms with Crippen molar-refractivity contribution in [3.63, 3.8) is 0 Å². The number of likely N-dealkylation sites (N-methyl/N-ethyl adjacent to an activating group) is 1. The lowest BCUT2D eigenvalue weighted by atomic mass is 10.0. The van der Waals surface area contributed by atoms with E-state index in [1.807, 2.05) is 45.0 Å². The average Bonchev–Trinajstić information content (AvgIpc) is 2.57. The van der Waals surface area contributed by atoms with Crippen LogP contribution in [0.4, 0.5) is 4.79 Å². The van der Waals surface area contributed by atoms with Gasteiger partial charge in [-0.15, -0.1) is 0 Å². The fourth-order valence-electron chi connectivity index (χ4n) is 2.43. The first-order chi connectivity index (χ1) is 12.2. The van der Waals surface area contributed by atoms with Crippen LogP contribution < -0.4 is 10.6 Å². The van der Waals surface area contributed by atoms with E-state index in [4.69, 9.17) is 5.11 Å². The quantitative estimate of drug-likeness (QED) is 0.626. The van der Waals surface area contributed by atoms with E-state index in [0.717, 1.165) is 11.1 Å². The van der Waals surface area contributed by atoms with E-state index in [0.29, 0.717) is 13.0 Å². The van der Waals surface area contributed by atoms with Crippen LogP contribution in [0.3, 0.4) is 0 Å². The van der Waals surface area contributed by atoms with Crippen molar-refractivity contribution in [1.29, 1.82) is 0 Å². The summed E-state index contributed by atoms with van der Waals surface area (Å²) in [5.41, 5.74) is 2.11. The Morgan fingerprint density at radius 1 is 1.15 bits per heavy atom. The van der Waals surface area contributed by atoms with Crippen LogP contribution in [0.1, 0.15) is 37.8 Å². The number of carboxylic acid groups (broad SMARTS) is 1. The number of aryl methyl sites for hydroxylation is 1. The lowest BCUT2D eigenvalue weighted by Crippen LogP contribution is -2.51. The molecule has 26 heavy (non-hydrogen) atoms. The molecule has 1 aromatic carbocycles. The van der Waals surface area contributed by atoms with Crippen LogP contribution in [0, 0.1) is 12.8 Å². The van der Waals surface area contributed by atoms with Gasteiger partial charge >= 0.3 is 12.0 Å². The zero-order chi connectivity index (χ0) is 19.7. The van der Waals surface area contributed by atoms with Crippen molar-refractivity contribution in [3.8, 4) is 0 Å². The number of aliphatic carboxylic acids is 1. The summed E-state index contributed by atoms with van der Waals surface area (Å²) < 4.78 is 0. The Labute approximate surface area is 154 Å². The predicted molar refractivity (Wildman–Crippen MR) is 99.7 cm³/mol. The molecule has 1 aromatic rings. The summed E-state index contributed by atoms with van der Waals surface area (Å²) in [7, 11) is 1.55. The molecule has 1 unspecified atom stereocenters. The van der Waals surface area contributed by atoms with Crippen molar-refractivity contribution >= 4 is 17.9 Å². The summed E-state index contributed by atoms with van der Waals surface area (Å²) in [6.07, 6.45) is 0.352. The van der Waals surface area contributed by atoms with E-state index in [1.165, 1.54) is 4.90 Å². The molecule has 0 spiro atoms. The highest BCUT2D eigenvalue weighted by Crippen LogP contribution is 2.08. The SMILES string of the molecule is Cc1ccc(CNC(=O)NC(CC(C)C)C(=O)N(C)CCC(=O)O)cc1. The Hall–Kier alpha value is -2.57. The Bertz CT molecular complexity index is 614. The summed E-state index contributed by atoms with van der Waals surface area (Å²) in [6, 6.07) is 6.70. The number of hydrogen-bond acceptors (Lipinski definition) is 3. The summed E-state index contributed by atoms with van der Waals surface area (Å²) in [5.74, 6) is -1.05. The number of carboxylic acids is 1. The number of carbonyl (C=O) groups excluding carboxylic acids is 2. The van der Waals surface area contributed by atoms with Gasteiger partial charge in [0.25, 0.3) is 0 Å². The first-order valence-electron chi connectivity index (χ1n) is 8.75. The molecular formula is C19H29N3O4. The fraction of sp³-hybridized carbons (Fsp3) is 0.526. The van der Waals surface area contributed by atoms with Crippen molar-refractivity contribution in [1.82, 2.24) is 15.5 Å². The first kappa shape index (κ1) is 21.5. The van der Waals surface area contributed by atoms with Gasteiger partial charge in [-0.1, -0.05) is 43.7 Å². The maximum atomic E-state index is 12.5. The van der Waals surface area contributed by atoms with Crippen LogP contribution >= 0.6 is 0 Å². The molecular weight excluding hydrogens is 334 g/mol. The Balaban J connectivity index is 2.61. The lowest BCUT2D eigenvalue weighted by Gasteiger charge is -2.25. The summed E-state index contributed by atoms with van der Waals surface area (Å²) in [6.45, 7) is 6.39. The van der Waals surface area contributed by atoms with Crippen LogP contribution in [0.5, 0.6) is 0 Å². The largest absolute Gasteiger partial charge is 0.481 e. The Morgan fingerprint density at radius 3 is 2.31 bits per heavy atom. The Morgan fingerprint density at radius 2 is 1.77 bits per heavy atom. The van der Waals surface area contributed by atoms with Crippen LogP contribution in [-0.2, 0) is 16.1 Å². The standard InChI is InChI=1S/C19H29N3O4/c1-13(2)11-16(18(25)22(4)10-9-17(23)24)21-19(26)20-12-15-7-5-14(3)6-8-15/h5-8,13,16H,9-12H2,1-4H3,(H,23,24)(H2,20,21,26). The summed E-state index contributed by atoms with van der Waals surface area (Å²) >= 11 is 0. The monoisotopic (exact) mass is 363 g/mol. The second-order valence-electron chi connectivity index (χ2n) is 6.90. The third kappa shape index (κ3) is 8.00. The van der Waals surface area contributed by atoms with Gasteiger partial charge in [0, 0.05) is 20.1 Å². The number of amides is 3. The highest BCUT2D eigenvalue weighted by Gasteiger charge is 2.25. The van der Waals surface area contributed by atoms with Crippen molar-refractivity contribution in [2.45, 2.75) is 46.2 Å². The maximum Gasteiger partial charge on any atom is 0.315 e. The molecule has 0 fully saturated rings. The predicted octanol–water partition coefficient (Wildman–Crippen LogP) is 2.14. The van der Waals surface area contributed by atoms with Gasteiger partial charge in [0.2, 0.25) is 5.91 Å². The normalized spacial score (nSPS) is 11.7. The third-order valence-electron chi connectivity index (χ3n) is 3.92. The molecule has 144 valence electrons. The molecule has 0 aliphatic rings. The molecule has 0 saturated heterocycles. The number of hydrogen-bond donors (Lipinski definition) is 3. The second kappa shape index (κ2) is 10.4. The molecule has 0 aliphatic heterocycles. The average molecular weight is 363 g/mol. The number of urea groups is 1. The molecule has 7 nitrogen and oxygen atoms in total. The number of benzene rings is 1. The molecule has 0 radical (unpaired) electrons. The fourth-order valence-corrected chi connectivity index (χ4v) is 2.43. The molecule has 3 amide bonds. The number of rotatable bonds is 9.